The molecule has 0 unspecified atom stereocenters. The van der Waals surface area contributed by atoms with Crippen molar-refractivity contribution in [2.45, 2.75) is 0 Å². The van der Waals surface area contributed by atoms with Crippen molar-refractivity contribution in [1.29, 1.82) is 0 Å². The third-order valence-electron chi connectivity index (χ3n) is 1.61. The summed E-state index contributed by atoms with van der Waals surface area (Å²) in [5, 5.41) is 0. The van der Waals surface area contributed by atoms with Crippen LogP contribution in [0.25, 0.3) is 11.1 Å². The first-order valence-electron chi connectivity index (χ1n) is 5.71. The summed E-state index contributed by atoms with van der Waals surface area (Å²) in [5.74, 6) is 0. The molecule has 0 aliphatic carbocycles. The fraction of sp³-hybridized carbons (Fsp3) is 0. The Bertz CT molecular complexity index is 586. The van der Waals surface area contributed by atoms with E-state index in [2.05, 4.69) is 20.9 Å². The molecule has 2 aromatic rings. The lowest BCUT2D eigenvalue weighted by Crippen LogP contribution is -1.79. The molecule has 0 N–H and O–H groups in total. The number of nitrogens with zero attached hydrogens (tertiary/aromatic N) is 1. The average molecular weight is 238 g/mol. The molecule has 1 aromatic heterocycles. The van der Waals surface area contributed by atoms with E-state index in [-0.39, 0.29) is 30.0 Å². The first kappa shape index (κ1) is 4.91. The van der Waals surface area contributed by atoms with E-state index in [4.69, 9.17) is 5.48 Å². The molecule has 13 heavy (non-hydrogen) atoms. The van der Waals surface area contributed by atoms with Crippen LogP contribution in [-0.2, 0) is 0 Å². The van der Waals surface area contributed by atoms with Crippen LogP contribution in [0.2, 0.25) is 0 Å². The molecule has 0 amide bonds. The van der Waals surface area contributed by atoms with Gasteiger partial charge in [0, 0.05) is 22.4 Å². The highest BCUT2D eigenvalue weighted by Gasteiger charge is 1.99. The number of pyridine rings is 1. The summed E-state index contributed by atoms with van der Waals surface area (Å²) in [6.07, 6.45) is -0.487. The van der Waals surface area contributed by atoms with Crippen LogP contribution in [0.15, 0.2) is 53.2 Å². The van der Waals surface area contributed by atoms with Gasteiger partial charge in [0.25, 0.3) is 0 Å². The van der Waals surface area contributed by atoms with E-state index in [0.29, 0.717) is 5.56 Å². The first-order valence-corrected chi connectivity index (χ1v) is 4.51. The lowest BCUT2D eigenvalue weighted by Gasteiger charge is -2.02. The molecular weight excluding hydrogens is 226 g/mol. The van der Waals surface area contributed by atoms with Gasteiger partial charge in [-0.3, -0.25) is 4.98 Å². The highest BCUT2D eigenvalue weighted by Crippen LogP contribution is 2.26. The number of benzene rings is 1. The lowest BCUT2D eigenvalue weighted by molar-refractivity contribution is 1.33. The summed E-state index contributed by atoms with van der Waals surface area (Å²) in [6.45, 7) is 0. The molecular formula is C11H8BrN. The second-order valence-corrected chi connectivity index (χ2v) is 3.29. The highest BCUT2D eigenvalue weighted by atomic mass is 79.9. The molecule has 0 saturated carbocycles. The van der Waals surface area contributed by atoms with Crippen LogP contribution in [0.5, 0.6) is 0 Å². The van der Waals surface area contributed by atoms with Gasteiger partial charge in [0.2, 0.25) is 0 Å². The third kappa shape index (κ3) is 1.78. The minimum atomic E-state index is -0.337. The molecule has 0 spiro atoms. The van der Waals surface area contributed by atoms with Crippen molar-refractivity contribution in [2.24, 2.45) is 0 Å². The van der Waals surface area contributed by atoms with Gasteiger partial charge >= 0.3 is 0 Å². The minimum absolute atomic E-state index is 0.137. The van der Waals surface area contributed by atoms with E-state index in [1.165, 1.54) is 0 Å². The molecule has 1 nitrogen and oxygen atoms in total. The summed E-state index contributed by atoms with van der Waals surface area (Å²) in [5.41, 5.74) is 0.918. The van der Waals surface area contributed by atoms with Crippen molar-refractivity contribution >= 4 is 15.9 Å². The smallest absolute Gasteiger partial charge is 0.0847 e. The molecule has 1 aromatic carbocycles. The number of halogens is 1. The van der Waals surface area contributed by atoms with Crippen LogP contribution >= 0.6 is 15.9 Å². The second kappa shape index (κ2) is 3.71. The van der Waals surface area contributed by atoms with Gasteiger partial charge in [0.05, 0.1) is 5.48 Å². The Morgan fingerprint density at radius 1 is 1.31 bits per heavy atom. The molecule has 2 rings (SSSR count). The average Bonchev–Trinajstić information content (AvgIpc) is 2.29. The van der Waals surface area contributed by atoms with Crippen LogP contribution in [0.3, 0.4) is 0 Å². The Morgan fingerprint density at radius 3 is 3.00 bits per heavy atom. The van der Waals surface area contributed by atoms with Crippen LogP contribution in [0.1, 0.15) is 5.48 Å². The minimum Gasteiger partial charge on any atom is -0.264 e. The number of rotatable bonds is 1. The van der Waals surface area contributed by atoms with Gasteiger partial charge in [-0.25, -0.2) is 0 Å². The highest BCUT2D eigenvalue weighted by molar-refractivity contribution is 9.10. The van der Waals surface area contributed by atoms with E-state index >= 15 is 0 Å². The second-order valence-electron chi connectivity index (χ2n) is 2.44. The van der Waals surface area contributed by atoms with Gasteiger partial charge in [-0.2, -0.15) is 0 Å². The SMILES string of the molecule is [2H]c1nc([2H])c(-c2ccccc2Br)c([2H])c1[2H]. The zero-order valence-electron chi connectivity index (χ0n) is 10.6. The Kier molecular flexibility index (Phi) is 1.40. The first-order chi connectivity index (χ1) is 8.02. The molecule has 0 atom stereocenters. The molecule has 2 heteroatoms. The maximum absolute atomic E-state index is 7.82. The lowest BCUT2D eigenvalue weighted by atomic mass is 10.1. The van der Waals surface area contributed by atoms with Gasteiger partial charge in [-0.1, -0.05) is 40.2 Å². The molecule has 0 fully saturated rings. The van der Waals surface area contributed by atoms with Gasteiger partial charge in [-0.05, 0) is 17.7 Å². The fourth-order valence-corrected chi connectivity index (χ4v) is 1.50. The maximum atomic E-state index is 7.82. The van der Waals surface area contributed by atoms with Crippen molar-refractivity contribution in [3.63, 3.8) is 0 Å². The maximum Gasteiger partial charge on any atom is 0.0847 e. The van der Waals surface area contributed by atoms with Gasteiger partial charge in [-0.15, -0.1) is 0 Å². The van der Waals surface area contributed by atoms with Crippen LogP contribution < -0.4 is 0 Å². The summed E-state index contributed by atoms with van der Waals surface area (Å²) in [7, 11) is 0. The van der Waals surface area contributed by atoms with Crippen LogP contribution in [0, 0.1) is 0 Å². The van der Waals surface area contributed by atoms with Crippen molar-refractivity contribution in [2.75, 3.05) is 0 Å². The zero-order chi connectivity index (χ0) is 12.6. The summed E-state index contributed by atoms with van der Waals surface area (Å²) in [4.78, 5) is 3.66. The monoisotopic (exact) mass is 237 g/mol. The van der Waals surface area contributed by atoms with E-state index < -0.39 is 0 Å². The van der Waals surface area contributed by atoms with Crippen LogP contribution in [-0.4, -0.2) is 4.98 Å². The normalized spacial score (nSPS) is 14.2. The molecule has 64 valence electrons. The van der Waals surface area contributed by atoms with E-state index in [1.807, 2.05) is 6.07 Å². The molecule has 0 saturated heterocycles. The molecule has 0 radical (unpaired) electrons. The number of hydrogen-bond donors (Lipinski definition) is 0. The van der Waals surface area contributed by atoms with Crippen molar-refractivity contribution in [1.82, 2.24) is 4.98 Å². The summed E-state index contributed by atoms with van der Waals surface area (Å²) in [6, 6.07) is 6.77. The summed E-state index contributed by atoms with van der Waals surface area (Å²) < 4.78 is 31.2. The topological polar surface area (TPSA) is 12.9 Å². The number of aromatic nitrogens is 1. The Morgan fingerprint density at radius 2 is 2.15 bits per heavy atom. The summed E-state index contributed by atoms with van der Waals surface area (Å²) >= 11 is 3.34. The van der Waals surface area contributed by atoms with Gasteiger partial charge in [0.15, 0.2) is 0 Å². The van der Waals surface area contributed by atoms with E-state index in [9.17, 15) is 0 Å². The van der Waals surface area contributed by atoms with E-state index in [1.54, 1.807) is 18.2 Å². The van der Waals surface area contributed by atoms with Gasteiger partial charge < -0.3 is 0 Å². The van der Waals surface area contributed by atoms with Crippen molar-refractivity contribution in [3.8, 4) is 11.1 Å². The molecule has 0 bridgehead atoms. The zero-order valence-corrected chi connectivity index (χ0v) is 8.22. The standard InChI is InChI=1S/C11H8BrN/c12-11-6-2-1-5-10(11)9-4-3-7-13-8-9/h1-8H/i3D,4D,7D,8D. The van der Waals surface area contributed by atoms with Crippen molar-refractivity contribution in [3.05, 3.63) is 53.2 Å². The van der Waals surface area contributed by atoms with E-state index in [0.717, 1.165) is 4.47 Å². The molecule has 1 heterocycles. The Hall–Kier alpha value is -1.15. The molecule has 0 aliphatic rings. The quantitative estimate of drug-likeness (QED) is 0.740. The third-order valence-corrected chi connectivity index (χ3v) is 2.30. The van der Waals surface area contributed by atoms with Crippen molar-refractivity contribution < 1.29 is 5.48 Å². The molecule has 0 aliphatic heterocycles. The predicted molar refractivity (Wildman–Crippen MR) is 57.4 cm³/mol. The largest absolute Gasteiger partial charge is 0.264 e. The fourth-order valence-electron chi connectivity index (χ4n) is 1.02. The van der Waals surface area contributed by atoms with Gasteiger partial charge in [0.1, 0.15) is 0 Å². The Balaban J connectivity index is 2.77. The number of hydrogen-bond acceptors (Lipinski definition) is 1. The van der Waals surface area contributed by atoms with Crippen LogP contribution in [0.4, 0.5) is 0 Å². The Labute approximate surface area is 91.2 Å². The predicted octanol–water partition coefficient (Wildman–Crippen LogP) is 3.51.